The van der Waals surface area contributed by atoms with Crippen LogP contribution in [0.25, 0.3) is 11.1 Å². The lowest BCUT2D eigenvalue weighted by Gasteiger charge is -2.09. The number of aromatic hydroxyl groups is 2. The first kappa shape index (κ1) is 17.4. The van der Waals surface area contributed by atoms with Crippen LogP contribution in [0.3, 0.4) is 0 Å². The van der Waals surface area contributed by atoms with E-state index in [1.165, 1.54) is 13.2 Å². The number of phenolic OH excluding ortho intramolecular Hbond substituents is 2. The number of amides is 1. The molecule has 26 heavy (non-hydrogen) atoms. The van der Waals surface area contributed by atoms with E-state index < -0.39 is 0 Å². The van der Waals surface area contributed by atoms with Crippen molar-refractivity contribution in [1.82, 2.24) is 0 Å². The van der Waals surface area contributed by atoms with Gasteiger partial charge in [-0.15, -0.1) is 0 Å². The lowest BCUT2D eigenvalue weighted by Crippen LogP contribution is -2.14. The molecule has 5 nitrogen and oxygen atoms in total. The number of hydrogen-bond donors (Lipinski definition) is 3. The Labute approximate surface area is 151 Å². The Bertz CT molecular complexity index is 937. The lowest BCUT2D eigenvalue weighted by molar-refractivity contribution is -0.115. The number of hydrogen-bond acceptors (Lipinski definition) is 4. The van der Waals surface area contributed by atoms with Crippen LogP contribution in [0.5, 0.6) is 17.2 Å². The first-order valence-electron chi connectivity index (χ1n) is 8.10. The minimum atomic E-state index is -0.175. The highest BCUT2D eigenvalue weighted by atomic mass is 16.5. The summed E-state index contributed by atoms with van der Waals surface area (Å²) in [7, 11) is 1.46. The minimum Gasteiger partial charge on any atom is -0.508 e. The number of rotatable bonds is 5. The number of phenols is 2. The van der Waals surface area contributed by atoms with Gasteiger partial charge in [-0.05, 0) is 53.1 Å². The van der Waals surface area contributed by atoms with E-state index in [0.29, 0.717) is 11.4 Å². The molecule has 0 atom stereocenters. The largest absolute Gasteiger partial charge is 0.508 e. The van der Waals surface area contributed by atoms with E-state index in [0.717, 1.165) is 16.7 Å². The van der Waals surface area contributed by atoms with Gasteiger partial charge in [-0.1, -0.05) is 30.3 Å². The number of carbonyl (C=O) groups excluding carboxylic acids is 1. The molecule has 3 N–H and O–H groups in total. The van der Waals surface area contributed by atoms with Crippen LogP contribution < -0.4 is 10.1 Å². The number of benzene rings is 3. The SMILES string of the molecule is COc1cc(CC(=O)Nc2cccc(-c3cccc(O)c3)c2)ccc1O. The van der Waals surface area contributed by atoms with Gasteiger partial charge in [0, 0.05) is 5.69 Å². The van der Waals surface area contributed by atoms with Crippen molar-refractivity contribution in [2.75, 3.05) is 12.4 Å². The summed E-state index contributed by atoms with van der Waals surface area (Å²) in [6.07, 6.45) is 0.160. The lowest BCUT2D eigenvalue weighted by atomic mass is 10.0. The maximum Gasteiger partial charge on any atom is 0.228 e. The highest BCUT2D eigenvalue weighted by molar-refractivity contribution is 5.93. The van der Waals surface area contributed by atoms with E-state index >= 15 is 0 Å². The van der Waals surface area contributed by atoms with Crippen molar-refractivity contribution in [3.8, 4) is 28.4 Å². The second kappa shape index (κ2) is 7.61. The molecule has 132 valence electrons. The Hall–Kier alpha value is -3.47. The monoisotopic (exact) mass is 349 g/mol. The van der Waals surface area contributed by atoms with Crippen molar-refractivity contribution in [2.45, 2.75) is 6.42 Å². The van der Waals surface area contributed by atoms with Crippen molar-refractivity contribution in [2.24, 2.45) is 0 Å². The number of nitrogens with one attached hydrogen (secondary N) is 1. The fraction of sp³-hybridized carbons (Fsp3) is 0.0952. The highest BCUT2D eigenvalue weighted by Crippen LogP contribution is 2.27. The van der Waals surface area contributed by atoms with Crippen LogP contribution in [0.2, 0.25) is 0 Å². The molecule has 0 bridgehead atoms. The third-order valence-electron chi connectivity index (χ3n) is 3.93. The maximum atomic E-state index is 12.3. The van der Waals surface area contributed by atoms with Gasteiger partial charge in [-0.25, -0.2) is 0 Å². The molecule has 0 fully saturated rings. The van der Waals surface area contributed by atoms with E-state index in [1.54, 1.807) is 30.3 Å². The standard InChI is InChI=1S/C21H19NO4/c1-26-20-10-14(8-9-19(20)24)11-21(25)22-17-6-2-4-15(12-17)16-5-3-7-18(23)13-16/h2-10,12-13,23-24H,11H2,1H3,(H,22,25). The van der Waals surface area contributed by atoms with Gasteiger partial charge in [0.05, 0.1) is 13.5 Å². The molecule has 3 aromatic carbocycles. The van der Waals surface area contributed by atoms with E-state index in [2.05, 4.69) is 5.32 Å². The third-order valence-corrected chi connectivity index (χ3v) is 3.93. The molecule has 0 radical (unpaired) electrons. The molecule has 0 heterocycles. The van der Waals surface area contributed by atoms with Gasteiger partial charge in [0.25, 0.3) is 0 Å². The van der Waals surface area contributed by atoms with Gasteiger partial charge >= 0.3 is 0 Å². The molecule has 0 aliphatic carbocycles. The molecule has 5 heteroatoms. The van der Waals surface area contributed by atoms with Gasteiger partial charge in [0.15, 0.2) is 11.5 Å². The van der Waals surface area contributed by atoms with Crippen LogP contribution >= 0.6 is 0 Å². The van der Waals surface area contributed by atoms with Crippen LogP contribution in [0.1, 0.15) is 5.56 Å². The Morgan fingerprint density at radius 2 is 1.69 bits per heavy atom. The summed E-state index contributed by atoms with van der Waals surface area (Å²) >= 11 is 0. The Morgan fingerprint density at radius 1 is 0.962 bits per heavy atom. The predicted octanol–water partition coefficient (Wildman–Crippen LogP) is 3.95. The van der Waals surface area contributed by atoms with Crippen molar-refractivity contribution < 1.29 is 19.7 Å². The van der Waals surface area contributed by atoms with E-state index in [4.69, 9.17) is 4.74 Å². The molecule has 0 saturated heterocycles. The summed E-state index contributed by atoms with van der Waals surface area (Å²) < 4.78 is 5.06. The Morgan fingerprint density at radius 3 is 2.42 bits per heavy atom. The smallest absolute Gasteiger partial charge is 0.228 e. The zero-order chi connectivity index (χ0) is 18.5. The van der Waals surface area contributed by atoms with Gasteiger partial charge < -0.3 is 20.3 Å². The zero-order valence-electron chi connectivity index (χ0n) is 14.3. The minimum absolute atomic E-state index is 0.0375. The van der Waals surface area contributed by atoms with Crippen molar-refractivity contribution in [1.29, 1.82) is 0 Å². The molecular weight excluding hydrogens is 330 g/mol. The van der Waals surface area contributed by atoms with Crippen LogP contribution in [0.15, 0.2) is 66.7 Å². The first-order valence-corrected chi connectivity index (χ1v) is 8.10. The number of carbonyl (C=O) groups is 1. The van der Waals surface area contributed by atoms with E-state index in [1.807, 2.05) is 30.3 Å². The van der Waals surface area contributed by atoms with Gasteiger partial charge in [-0.2, -0.15) is 0 Å². The molecule has 0 saturated carbocycles. The number of anilines is 1. The fourth-order valence-corrected chi connectivity index (χ4v) is 2.68. The third kappa shape index (κ3) is 4.13. The van der Waals surface area contributed by atoms with E-state index in [9.17, 15) is 15.0 Å². The first-order chi connectivity index (χ1) is 12.5. The van der Waals surface area contributed by atoms with Crippen molar-refractivity contribution >= 4 is 11.6 Å². The molecule has 0 aromatic heterocycles. The quantitative estimate of drug-likeness (QED) is 0.651. The van der Waals surface area contributed by atoms with Crippen molar-refractivity contribution in [3.05, 3.63) is 72.3 Å². The average molecular weight is 349 g/mol. The summed E-state index contributed by atoms with van der Waals surface area (Å²) in [5.41, 5.74) is 3.16. The van der Waals surface area contributed by atoms with Crippen LogP contribution in [0, 0.1) is 0 Å². The molecule has 1 amide bonds. The van der Waals surface area contributed by atoms with Crippen molar-refractivity contribution in [3.63, 3.8) is 0 Å². The molecule has 0 aliphatic rings. The molecular formula is C21H19NO4. The van der Waals surface area contributed by atoms with Crippen LogP contribution in [-0.2, 0) is 11.2 Å². The number of methoxy groups -OCH3 is 1. The fourth-order valence-electron chi connectivity index (χ4n) is 2.68. The van der Waals surface area contributed by atoms with Gasteiger partial charge in [0.1, 0.15) is 5.75 Å². The normalized spacial score (nSPS) is 10.3. The van der Waals surface area contributed by atoms with E-state index in [-0.39, 0.29) is 23.8 Å². The molecule has 3 rings (SSSR count). The summed E-state index contributed by atoms with van der Waals surface area (Å²) in [6.45, 7) is 0. The second-order valence-electron chi connectivity index (χ2n) is 5.86. The highest BCUT2D eigenvalue weighted by Gasteiger charge is 2.08. The molecule has 0 unspecified atom stereocenters. The van der Waals surface area contributed by atoms with Crippen LogP contribution in [-0.4, -0.2) is 23.2 Å². The van der Waals surface area contributed by atoms with Gasteiger partial charge in [0.2, 0.25) is 5.91 Å². The topological polar surface area (TPSA) is 78.8 Å². The summed E-state index contributed by atoms with van der Waals surface area (Å²) in [4.78, 5) is 12.3. The zero-order valence-corrected chi connectivity index (χ0v) is 14.3. The van der Waals surface area contributed by atoms with Gasteiger partial charge in [-0.3, -0.25) is 4.79 Å². The molecule has 0 aliphatic heterocycles. The summed E-state index contributed by atoms with van der Waals surface area (Å²) in [5.74, 6) is 0.390. The summed E-state index contributed by atoms with van der Waals surface area (Å²) in [5, 5.41) is 22.1. The second-order valence-corrected chi connectivity index (χ2v) is 5.86. The number of ether oxygens (including phenoxy) is 1. The Balaban J connectivity index is 1.73. The molecule has 3 aromatic rings. The predicted molar refractivity (Wildman–Crippen MR) is 101 cm³/mol. The van der Waals surface area contributed by atoms with Crippen LogP contribution in [0.4, 0.5) is 5.69 Å². The average Bonchev–Trinajstić information content (AvgIpc) is 2.63. The summed E-state index contributed by atoms with van der Waals surface area (Å²) in [6, 6.07) is 19.2. The maximum absolute atomic E-state index is 12.3. The Kier molecular flexibility index (Phi) is 5.08. The molecule has 0 spiro atoms.